The first-order valence-corrected chi connectivity index (χ1v) is 4.23. The smallest absolute Gasteiger partial charge is 0.234 e. The van der Waals surface area contributed by atoms with Gasteiger partial charge in [-0.15, -0.1) is 0 Å². The van der Waals surface area contributed by atoms with Crippen molar-refractivity contribution in [1.29, 1.82) is 0 Å². The van der Waals surface area contributed by atoms with Gasteiger partial charge in [0.1, 0.15) is 5.25 Å². The van der Waals surface area contributed by atoms with Crippen LogP contribution in [0.1, 0.15) is 10.8 Å². The van der Waals surface area contributed by atoms with E-state index in [-0.39, 0.29) is 0 Å². The molecule has 1 aromatic carbocycles. The summed E-state index contributed by atoms with van der Waals surface area (Å²) in [5.74, 6) is -0.472. The van der Waals surface area contributed by atoms with Crippen LogP contribution in [0.25, 0.3) is 0 Å². The lowest BCUT2D eigenvalue weighted by molar-refractivity contribution is -0.117. The molecule has 1 aromatic rings. The van der Waals surface area contributed by atoms with Crippen molar-refractivity contribution in [2.45, 2.75) is 5.25 Å². The Bertz CT molecular complexity index is 303. The van der Waals surface area contributed by atoms with Crippen LogP contribution >= 0.6 is 24.2 Å². The van der Waals surface area contributed by atoms with E-state index in [2.05, 4.69) is 12.6 Å². The van der Waals surface area contributed by atoms with E-state index in [4.69, 9.17) is 17.3 Å². The van der Waals surface area contributed by atoms with Crippen molar-refractivity contribution in [2.24, 2.45) is 5.73 Å². The Hall–Kier alpha value is -0.670. The summed E-state index contributed by atoms with van der Waals surface area (Å²) in [5, 5.41) is -0.00324. The summed E-state index contributed by atoms with van der Waals surface area (Å²) in [4.78, 5) is 10.7. The Balaban J connectivity index is 2.95. The lowest BCUT2D eigenvalue weighted by atomic mass is 10.1. The molecule has 0 aliphatic carbocycles. The van der Waals surface area contributed by atoms with Gasteiger partial charge in [0.25, 0.3) is 0 Å². The zero-order valence-electron chi connectivity index (χ0n) is 6.20. The predicted octanol–water partition coefficient (Wildman–Crippen LogP) is 1.80. The lowest BCUT2D eigenvalue weighted by Gasteiger charge is -2.05. The van der Waals surface area contributed by atoms with E-state index in [1.807, 2.05) is 0 Å². The van der Waals surface area contributed by atoms with Gasteiger partial charge in [0.05, 0.1) is 0 Å². The average molecular weight is 202 g/mol. The third kappa shape index (κ3) is 2.16. The molecule has 0 bridgehead atoms. The van der Waals surface area contributed by atoms with Crippen molar-refractivity contribution in [3.05, 3.63) is 34.9 Å². The zero-order valence-corrected chi connectivity index (χ0v) is 7.85. The summed E-state index contributed by atoms with van der Waals surface area (Å²) >= 11 is 9.74. The minimum Gasteiger partial charge on any atom is -0.368 e. The molecule has 0 spiro atoms. The summed E-state index contributed by atoms with van der Waals surface area (Å²) in [6.07, 6.45) is 0. The average Bonchev–Trinajstić information content (AvgIpc) is 2.03. The maximum atomic E-state index is 10.7. The highest BCUT2D eigenvalue weighted by atomic mass is 35.5. The van der Waals surface area contributed by atoms with Crippen LogP contribution in [0.2, 0.25) is 5.02 Å². The van der Waals surface area contributed by atoms with Crippen molar-refractivity contribution in [3.63, 3.8) is 0 Å². The minimum absolute atomic E-state index is 0.472. The van der Waals surface area contributed by atoms with Gasteiger partial charge >= 0.3 is 0 Å². The monoisotopic (exact) mass is 201 g/mol. The molecule has 1 rings (SSSR count). The van der Waals surface area contributed by atoms with Crippen LogP contribution in [0.5, 0.6) is 0 Å². The zero-order chi connectivity index (χ0) is 9.14. The van der Waals surface area contributed by atoms with Crippen LogP contribution < -0.4 is 5.73 Å². The molecular formula is C8H8ClNOS. The quantitative estimate of drug-likeness (QED) is 0.705. The fourth-order valence-corrected chi connectivity index (χ4v) is 1.20. The van der Waals surface area contributed by atoms with Crippen molar-refractivity contribution in [1.82, 2.24) is 0 Å². The first-order valence-electron chi connectivity index (χ1n) is 3.34. The van der Waals surface area contributed by atoms with E-state index in [0.717, 1.165) is 5.56 Å². The van der Waals surface area contributed by atoms with E-state index < -0.39 is 11.2 Å². The summed E-state index contributed by atoms with van der Waals surface area (Å²) < 4.78 is 0. The molecular weight excluding hydrogens is 194 g/mol. The highest BCUT2D eigenvalue weighted by molar-refractivity contribution is 7.81. The SMILES string of the molecule is NC(=O)C(S)c1cccc(Cl)c1. The molecule has 1 unspecified atom stereocenters. The minimum atomic E-state index is -0.580. The summed E-state index contributed by atoms with van der Waals surface area (Å²) in [7, 11) is 0. The Morgan fingerprint density at radius 3 is 2.75 bits per heavy atom. The number of nitrogens with two attached hydrogens (primary N) is 1. The first-order chi connectivity index (χ1) is 5.61. The second kappa shape index (κ2) is 3.83. The fraction of sp³-hybridized carbons (Fsp3) is 0.125. The molecule has 0 radical (unpaired) electrons. The van der Waals surface area contributed by atoms with Gasteiger partial charge in [-0.1, -0.05) is 23.7 Å². The molecule has 2 nitrogen and oxygen atoms in total. The molecule has 2 N–H and O–H groups in total. The molecule has 12 heavy (non-hydrogen) atoms. The maximum absolute atomic E-state index is 10.7. The number of thiol groups is 1. The highest BCUT2D eigenvalue weighted by Gasteiger charge is 2.11. The van der Waals surface area contributed by atoms with Crippen LogP contribution in [0.4, 0.5) is 0 Å². The Morgan fingerprint density at radius 1 is 1.58 bits per heavy atom. The van der Waals surface area contributed by atoms with Crippen LogP contribution in [-0.4, -0.2) is 5.91 Å². The first kappa shape index (κ1) is 9.42. The standard InChI is InChI=1S/C8H8ClNOS/c9-6-3-1-2-5(4-6)7(12)8(10)11/h1-4,7,12H,(H2,10,11). The molecule has 0 aromatic heterocycles. The lowest BCUT2D eigenvalue weighted by Crippen LogP contribution is -2.16. The van der Waals surface area contributed by atoms with E-state index in [0.29, 0.717) is 5.02 Å². The number of primary amides is 1. The van der Waals surface area contributed by atoms with E-state index in [9.17, 15) is 4.79 Å². The van der Waals surface area contributed by atoms with Crippen LogP contribution in [-0.2, 0) is 4.79 Å². The van der Waals surface area contributed by atoms with Crippen LogP contribution in [0.15, 0.2) is 24.3 Å². The third-order valence-electron chi connectivity index (χ3n) is 1.43. The molecule has 1 atom stereocenters. The van der Waals surface area contributed by atoms with Crippen molar-refractivity contribution in [3.8, 4) is 0 Å². The van der Waals surface area contributed by atoms with Gasteiger partial charge in [-0.2, -0.15) is 12.6 Å². The van der Waals surface area contributed by atoms with Gasteiger partial charge in [0.15, 0.2) is 0 Å². The second-order valence-corrected chi connectivity index (χ2v) is 3.31. The number of halogens is 1. The largest absolute Gasteiger partial charge is 0.368 e. The summed E-state index contributed by atoms with van der Waals surface area (Å²) in [6.45, 7) is 0. The van der Waals surface area contributed by atoms with Gasteiger partial charge in [0, 0.05) is 5.02 Å². The van der Waals surface area contributed by atoms with Gasteiger partial charge in [-0.05, 0) is 17.7 Å². The predicted molar refractivity (Wildman–Crippen MR) is 52.4 cm³/mol. The van der Waals surface area contributed by atoms with Crippen LogP contribution in [0, 0.1) is 0 Å². The topological polar surface area (TPSA) is 43.1 Å². The number of amides is 1. The fourth-order valence-electron chi connectivity index (χ4n) is 0.841. The number of carbonyl (C=O) groups is 1. The van der Waals surface area contributed by atoms with Gasteiger partial charge in [-0.3, -0.25) is 4.79 Å². The Labute approximate surface area is 81.1 Å². The van der Waals surface area contributed by atoms with Crippen molar-refractivity contribution in [2.75, 3.05) is 0 Å². The Kier molecular flexibility index (Phi) is 3.00. The van der Waals surface area contributed by atoms with E-state index >= 15 is 0 Å². The number of hydrogen-bond acceptors (Lipinski definition) is 2. The van der Waals surface area contributed by atoms with Crippen molar-refractivity contribution < 1.29 is 4.79 Å². The number of benzene rings is 1. The second-order valence-electron chi connectivity index (χ2n) is 2.36. The molecule has 0 fully saturated rings. The van der Waals surface area contributed by atoms with E-state index in [1.54, 1.807) is 24.3 Å². The molecule has 0 heterocycles. The summed E-state index contributed by atoms with van der Waals surface area (Å²) in [5.41, 5.74) is 5.78. The number of carbonyl (C=O) groups excluding carboxylic acids is 1. The molecule has 4 heteroatoms. The van der Waals surface area contributed by atoms with Gasteiger partial charge in [-0.25, -0.2) is 0 Å². The van der Waals surface area contributed by atoms with Crippen LogP contribution in [0.3, 0.4) is 0 Å². The maximum Gasteiger partial charge on any atom is 0.234 e. The highest BCUT2D eigenvalue weighted by Crippen LogP contribution is 2.21. The van der Waals surface area contributed by atoms with Gasteiger partial charge < -0.3 is 5.73 Å². The van der Waals surface area contributed by atoms with Crippen molar-refractivity contribution >= 4 is 30.1 Å². The molecule has 0 saturated carbocycles. The third-order valence-corrected chi connectivity index (χ3v) is 2.22. The van der Waals surface area contributed by atoms with Gasteiger partial charge in [0.2, 0.25) is 5.91 Å². The number of hydrogen-bond donors (Lipinski definition) is 2. The van der Waals surface area contributed by atoms with E-state index in [1.165, 1.54) is 0 Å². The molecule has 64 valence electrons. The normalized spacial score (nSPS) is 12.5. The summed E-state index contributed by atoms with van der Waals surface area (Å²) in [6, 6.07) is 6.91. The molecule has 0 aliphatic heterocycles. The molecule has 1 amide bonds. The Morgan fingerprint density at radius 2 is 2.25 bits per heavy atom. The molecule has 0 aliphatic rings. The number of rotatable bonds is 2. The molecule has 0 saturated heterocycles.